The van der Waals surface area contributed by atoms with Crippen LogP contribution in [-0.4, -0.2) is 37.1 Å². The smallest absolute Gasteiger partial charge is 0.0251 e. The van der Waals surface area contributed by atoms with Gasteiger partial charge in [0.15, 0.2) is 0 Å². The van der Waals surface area contributed by atoms with E-state index >= 15 is 0 Å². The summed E-state index contributed by atoms with van der Waals surface area (Å²) >= 11 is 0. The van der Waals surface area contributed by atoms with E-state index in [1.807, 2.05) is 0 Å². The van der Waals surface area contributed by atoms with Gasteiger partial charge < -0.3 is 10.2 Å². The quantitative estimate of drug-likeness (QED) is 0.606. The summed E-state index contributed by atoms with van der Waals surface area (Å²) in [6, 6.07) is 0. The number of hydrogen-bond donors (Lipinski definition) is 1. The molecule has 0 aliphatic carbocycles. The summed E-state index contributed by atoms with van der Waals surface area (Å²) in [6.45, 7) is 12.4. The Bertz CT molecular complexity index is 132. The lowest BCUT2D eigenvalue weighted by molar-refractivity contribution is 0.234. The van der Waals surface area contributed by atoms with Gasteiger partial charge in [0.2, 0.25) is 0 Å². The van der Waals surface area contributed by atoms with E-state index in [9.17, 15) is 0 Å². The van der Waals surface area contributed by atoms with E-state index in [-0.39, 0.29) is 5.54 Å². The zero-order valence-corrected chi connectivity index (χ0v) is 10.7. The highest BCUT2D eigenvalue weighted by Gasteiger charge is 2.17. The van der Waals surface area contributed by atoms with E-state index in [1.165, 1.54) is 25.8 Å². The molecule has 0 saturated heterocycles. The first-order chi connectivity index (χ1) is 6.52. The lowest BCUT2D eigenvalue weighted by Crippen LogP contribution is -2.48. The van der Waals surface area contributed by atoms with Gasteiger partial charge >= 0.3 is 0 Å². The summed E-state index contributed by atoms with van der Waals surface area (Å²) in [6.07, 6.45) is 3.99. The number of likely N-dealkylation sites (N-methyl/N-ethyl adjacent to an activating group) is 2. The number of rotatable bonds is 8. The third-order valence-electron chi connectivity index (χ3n) is 2.46. The van der Waals surface area contributed by atoms with Crippen LogP contribution in [0.4, 0.5) is 0 Å². The second kappa shape index (κ2) is 7.24. The molecule has 0 atom stereocenters. The van der Waals surface area contributed by atoms with Crippen LogP contribution in [0.15, 0.2) is 0 Å². The van der Waals surface area contributed by atoms with Crippen LogP contribution < -0.4 is 5.32 Å². The Morgan fingerprint density at radius 3 is 2.29 bits per heavy atom. The molecule has 0 radical (unpaired) electrons. The van der Waals surface area contributed by atoms with Gasteiger partial charge in [0.05, 0.1) is 0 Å². The van der Waals surface area contributed by atoms with Gasteiger partial charge in [-0.15, -0.1) is 0 Å². The molecule has 0 aromatic rings. The van der Waals surface area contributed by atoms with Gasteiger partial charge in [0.1, 0.15) is 0 Å². The Hall–Kier alpha value is -0.0800. The van der Waals surface area contributed by atoms with Gasteiger partial charge in [0.25, 0.3) is 0 Å². The lowest BCUT2D eigenvalue weighted by atomic mass is 10.1. The molecule has 0 heterocycles. The number of nitrogens with zero attached hydrogens (tertiary/aromatic N) is 1. The van der Waals surface area contributed by atoms with Crippen LogP contribution in [0.5, 0.6) is 0 Å². The largest absolute Gasteiger partial charge is 0.311 e. The highest BCUT2D eigenvalue weighted by atomic mass is 15.1. The molecular weight excluding hydrogens is 172 g/mol. The van der Waals surface area contributed by atoms with E-state index in [0.717, 1.165) is 13.1 Å². The predicted molar refractivity (Wildman–Crippen MR) is 64.8 cm³/mol. The van der Waals surface area contributed by atoms with E-state index < -0.39 is 0 Å². The van der Waals surface area contributed by atoms with Gasteiger partial charge in [-0.1, -0.05) is 26.7 Å². The fraction of sp³-hybridized carbons (Fsp3) is 1.00. The molecule has 0 aromatic heterocycles. The molecule has 0 aromatic carbocycles. The van der Waals surface area contributed by atoms with Crippen LogP contribution in [0.25, 0.3) is 0 Å². The van der Waals surface area contributed by atoms with Crippen molar-refractivity contribution in [2.75, 3.05) is 26.7 Å². The van der Waals surface area contributed by atoms with Gasteiger partial charge in [-0.05, 0) is 40.4 Å². The van der Waals surface area contributed by atoms with Crippen LogP contribution in [0.3, 0.4) is 0 Å². The molecule has 2 heteroatoms. The summed E-state index contributed by atoms with van der Waals surface area (Å²) in [5, 5.41) is 3.50. The molecule has 1 N–H and O–H groups in total. The first-order valence-corrected chi connectivity index (χ1v) is 5.95. The van der Waals surface area contributed by atoms with Crippen molar-refractivity contribution < 1.29 is 0 Å². The van der Waals surface area contributed by atoms with Crippen molar-refractivity contribution in [3.63, 3.8) is 0 Å². The first-order valence-electron chi connectivity index (χ1n) is 5.95. The van der Waals surface area contributed by atoms with Gasteiger partial charge in [-0.3, -0.25) is 0 Å². The first kappa shape index (κ1) is 13.9. The maximum absolute atomic E-state index is 3.50. The summed E-state index contributed by atoms with van der Waals surface area (Å²) in [5.41, 5.74) is 0.246. The maximum Gasteiger partial charge on any atom is 0.0251 e. The summed E-state index contributed by atoms with van der Waals surface area (Å²) < 4.78 is 0. The van der Waals surface area contributed by atoms with Crippen molar-refractivity contribution in [3.05, 3.63) is 0 Å². The van der Waals surface area contributed by atoms with Gasteiger partial charge in [0, 0.05) is 12.1 Å². The summed E-state index contributed by atoms with van der Waals surface area (Å²) in [4.78, 5) is 2.43. The van der Waals surface area contributed by atoms with E-state index in [0.29, 0.717) is 0 Å². The molecule has 0 aliphatic rings. The van der Waals surface area contributed by atoms with Crippen LogP contribution in [0.1, 0.15) is 47.0 Å². The Balaban J connectivity index is 3.63. The van der Waals surface area contributed by atoms with Crippen molar-refractivity contribution in [3.8, 4) is 0 Å². The molecule has 86 valence electrons. The van der Waals surface area contributed by atoms with Crippen molar-refractivity contribution in [2.24, 2.45) is 0 Å². The molecule has 0 unspecified atom stereocenters. The Morgan fingerprint density at radius 2 is 1.79 bits per heavy atom. The van der Waals surface area contributed by atoms with Crippen molar-refractivity contribution >= 4 is 0 Å². The highest BCUT2D eigenvalue weighted by molar-refractivity contribution is 4.79. The minimum atomic E-state index is 0.246. The van der Waals surface area contributed by atoms with Gasteiger partial charge in [-0.25, -0.2) is 0 Å². The fourth-order valence-corrected chi connectivity index (χ4v) is 1.92. The highest BCUT2D eigenvalue weighted by Crippen LogP contribution is 2.05. The molecule has 0 amide bonds. The Morgan fingerprint density at radius 1 is 1.14 bits per heavy atom. The molecule has 14 heavy (non-hydrogen) atoms. The molecule has 0 spiro atoms. The van der Waals surface area contributed by atoms with Crippen LogP contribution in [0, 0.1) is 0 Å². The van der Waals surface area contributed by atoms with Gasteiger partial charge in [-0.2, -0.15) is 0 Å². The number of hydrogen-bond acceptors (Lipinski definition) is 2. The van der Waals surface area contributed by atoms with E-state index in [2.05, 4.69) is 45.0 Å². The SMILES string of the molecule is CCCCCN(C)CC(C)(C)NCC. The normalized spacial score (nSPS) is 12.4. The Kier molecular flexibility index (Phi) is 7.20. The topological polar surface area (TPSA) is 15.3 Å². The average molecular weight is 200 g/mol. The minimum Gasteiger partial charge on any atom is -0.311 e. The molecule has 2 nitrogen and oxygen atoms in total. The van der Waals surface area contributed by atoms with Crippen molar-refractivity contribution in [1.82, 2.24) is 10.2 Å². The third-order valence-corrected chi connectivity index (χ3v) is 2.46. The molecule has 0 bridgehead atoms. The van der Waals surface area contributed by atoms with E-state index in [4.69, 9.17) is 0 Å². The number of nitrogens with one attached hydrogen (secondary N) is 1. The molecule has 0 aliphatic heterocycles. The van der Waals surface area contributed by atoms with Crippen LogP contribution in [-0.2, 0) is 0 Å². The zero-order chi connectivity index (χ0) is 11.0. The molecule has 0 rings (SSSR count). The van der Waals surface area contributed by atoms with Crippen molar-refractivity contribution in [1.29, 1.82) is 0 Å². The fourth-order valence-electron chi connectivity index (χ4n) is 1.92. The third kappa shape index (κ3) is 7.34. The molecule has 0 saturated carbocycles. The Labute approximate surface area is 90.1 Å². The van der Waals surface area contributed by atoms with Crippen LogP contribution >= 0.6 is 0 Å². The summed E-state index contributed by atoms with van der Waals surface area (Å²) in [7, 11) is 2.22. The standard InChI is InChI=1S/C12H28N2/c1-6-8-9-10-14(5)11-12(3,4)13-7-2/h13H,6-11H2,1-5H3. The van der Waals surface area contributed by atoms with Crippen molar-refractivity contribution in [2.45, 2.75) is 52.5 Å². The second-order valence-corrected chi connectivity index (χ2v) is 4.86. The molecular formula is C12H28N2. The van der Waals surface area contributed by atoms with Crippen LogP contribution in [0.2, 0.25) is 0 Å². The average Bonchev–Trinajstić information content (AvgIpc) is 2.03. The number of unbranched alkanes of at least 4 members (excludes halogenated alkanes) is 2. The van der Waals surface area contributed by atoms with E-state index in [1.54, 1.807) is 0 Å². The lowest BCUT2D eigenvalue weighted by Gasteiger charge is -2.31. The predicted octanol–water partition coefficient (Wildman–Crippen LogP) is 2.50. The second-order valence-electron chi connectivity index (χ2n) is 4.86. The minimum absolute atomic E-state index is 0.246. The molecule has 0 fully saturated rings. The maximum atomic E-state index is 3.50. The monoisotopic (exact) mass is 200 g/mol. The zero-order valence-electron chi connectivity index (χ0n) is 10.7. The summed E-state index contributed by atoms with van der Waals surface area (Å²) in [5.74, 6) is 0.